The van der Waals surface area contributed by atoms with E-state index in [-0.39, 0.29) is 16.6 Å². The van der Waals surface area contributed by atoms with Crippen LogP contribution in [0.15, 0.2) is 30.5 Å². The van der Waals surface area contributed by atoms with E-state index in [0.29, 0.717) is 24.8 Å². The number of carbonyl (C=O) groups excluding carboxylic acids is 1. The fraction of sp³-hybridized carbons (Fsp3) is 0.308. The van der Waals surface area contributed by atoms with Crippen molar-refractivity contribution in [3.8, 4) is 0 Å². The molecule has 100 valence electrons. The number of benzene rings is 1. The number of hydrogen-bond acceptors (Lipinski definition) is 4. The fourth-order valence-electron chi connectivity index (χ4n) is 2.06. The van der Waals surface area contributed by atoms with E-state index in [2.05, 4.69) is 4.74 Å². The lowest BCUT2D eigenvalue weighted by Gasteiger charge is -2.04. The molecule has 0 aliphatic carbocycles. The van der Waals surface area contributed by atoms with Gasteiger partial charge in [0.05, 0.1) is 22.9 Å². The number of ether oxygens (including phenoxy) is 1. The SMILES string of the molecule is COC(=O)CCCn1ccc2c([N+](=O)[O-])cccc21. The number of hydrogen-bond donors (Lipinski definition) is 0. The Morgan fingerprint density at radius 3 is 2.89 bits per heavy atom. The van der Waals surface area contributed by atoms with Gasteiger partial charge in [0, 0.05) is 25.2 Å². The number of nitro groups is 1. The number of nitrogens with zero attached hydrogens (tertiary/aromatic N) is 2. The second-order valence-electron chi connectivity index (χ2n) is 4.16. The summed E-state index contributed by atoms with van der Waals surface area (Å²) in [5.74, 6) is -0.248. The Labute approximate surface area is 109 Å². The molecule has 0 saturated carbocycles. The summed E-state index contributed by atoms with van der Waals surface area (Å²) in [5, 5.41) is 11.5. The van der Waals surface area contributed by atoms with Crippen LogP contribution in [0.3, 0.4) is 0 Å². The monoisotopic (exact) mass is 262 g/mol. The Kier molecular flexibility index (Phi) is 3.79. The van der Waals surface area contributed by atoms with Gasteiger partial charge < -0.3 is 9.30 Å². The minimum atomic E-state index is -0.388. The smallest absolute Gasteiger partial charge is 0.305 e. The highest BCUT2D eigenvalue weighted by molar-refractivity contribution is 5.89. The van der Waals surface area contributed by atoms with Crippen molar-refractivity contribution in [3.05, 3.63) is 40.6 Å². The van der Waals surface area contributed by atoms with E-state index in [4.69, 9.17) is 0 Å². The summed E-state index contributed by atoms with van der Waals surface area (Å²) in [4.78, 5) is 21.5. The van der Waals surface area contributed by atoms with Gasteiger partial charge in [-0.15, -0.1) is 0 Å². The number of nitro benzene ring substituents is 1. The standard InChI is InChI=1S/C13H14N2O4/c1-19-13(16)6-3-8-14-9-7-10-11(14)4-2-5-12(10)15(17)18/h2,4-5,7,9H,3,6,8H2,1H3. The molecule has 0 atom stereocenters. The molecule has 0 bridgehead atoms. The minimum absolute atomic E-state index is 0.101. The van der Waals surface area contributed by atoms with E-state index >= 15 is 0 Å². The molecule has 0 amide bonds. The van der Waals surface area contributed by atoms with Gasteiger partial charge in [0.2, 0.25) is 0 Å². The number of rotatable bonds is 5. The summed E-state index contributed by atoms with van der Waals surface area (Å²) in [7, 11) is 1.36. The molecule has 0 spiro atoms. The highest BCUT2D eigenvalue weighted by Gasteiger charge is 2.13. The van der Waals surface area contributed by atoms with Gasteiger partial charge in [0.1, 0.15) is 0 Å². The molecule has 0 fully saturated rings. The van der Waals surface area contributed by atoms with Gasteiger partial charge in [-0.3, -0.25) is 14.9 Å². The van der Waals surface area contributed by atoms with Crippen LogP contribution < -0.4 is 0 Å². The van der Waals surface area contributed by atoms with Crippen molar-refractivity contribution >= 4 is 22.6 Å². The first-order valence-electron chi connectivity index (χ1n) is 5.92. The molecule has 0 N–H and O–H groups in total. The van der Waals surface area contributed by atoms with Crippen LogP contribution in [0.2, 0.25) is 0 Å². The van der Waals surface area contributed by atoms with E-state index in [0.717, 1.165) is 5.52 Å². The molecule has 1 aromatic carbocycles. The lowest BCUT2D eigenvalue weighted by molar-refractivity contribution is -0.383. The second-order valence-corrected chi connectivity index (χ2v) is 4.16. The van der Waals surface area contributed by atoms with Crippen molar-refractivity contribution in [2.24, 2.45) is 0 Å². The molecule has 0 aliphatic heterocycles. The average molecular weight is 262 g/mol. The summed E-state index contributed by atoms with van der Waals surface area (Å²) in [6.45, 7) is 0.625. The third kappa shape index (κ3) is 2.73. The largest absolute Gasteiger partial charge is 0.469 e. The van der Waals surface area contributed by atoms with Crippen LogP contribution in [0.1, 0.15) is 12.8 Å². The fourth-order valence-corrected chi connectivity index (χ4v) is 2.06. The highest BCUT2D eigenvalue weighted by atomic mass is 16.6. The molecular weight excluding hydrogens is 248 g/mol. The number of fused-ring (bicyclic) bond motifs is 1. The molecule has 2 rings (SSSR count). The molecule has 0 saturated heterocycles. The molecule has 0 unspecified atom stereocenters. The number of aryl methyl sites for hydroxylation is 1. The van der Waals surface area contributed by atoms with Crippen LogP contribution in [-0.4, -0.2) is 22.6 Å². The Bertz CT molecular complexity index is 618. The number of esters is 1. The van der Waals surface area contributed by atoms with Gasteiger partial charge in [-0.1, -0.05) is 6.07 Å². The van der Waals surface area contributed by atoms with E-state index in [9.17, 15) is 14.9 Å². The van der Waals surface area contributed by atoms with Crippen molar-refractivity contribution in [2.75, 3.05) is 7.11 Å². The molecule has 2 aromatic rings. The van der Waals surface area contributed by atoms with Crippen LogP contribution in [-0.2, 0) is 16.1 Å². The van der Waals surface area contributed by atoms with E-state index in [1.165, 1.54) is 13.2 Å². The summed E-state index contributed by atoms with van der Waals surface area (Å²) >= 11 is 0. The van der Waals surface area contributed by atoms with E-state index in [1.807, 2.05) is 10.6 Å². The molecule has 19 heavy (non-hydrogen) atoms. The summed E-state index contributed by atoms with van der Waals surface area (Å²) in [6.07, 6.45) is 2.78. The zero-order chi connectivity index (χ0) is 13.8. The quantitative estimate of drug-likeness (QED) is 0.471. The first-order chi connectivity index (χ1) is 9.13. The maximum Gasteiger partial charge on any atom is 0.305 e. The molecule has 6 heteroatoms. The predicted octanol–water partition coefficient (Wildman–Crippen LogP) is 2.50. The van der Waals surface area contributed by atoms with Gasteiger partial charge in [-0.2, -0.15) is 0 Å². The summed E-state index contributed by atoms with van der Waals surface area (Å²) < 4.78 is 6.48. The van der Waals surface area contributed by atoms with Crippen molar-refractivity contribution < 1.29 is 14.5 Å². The normalized spacial score (nSPS) is 10.6. The topological polar surface area (TPSA) is 74.4 Å². The lowest BCUT2D eigenvalue weighted by Crippen LogP contribution is -2.03. The molecule has 1 heterocycles. The number of non-ortho nitro benzene ring substituents is 1. The molecule has 0 radical (unpaired) electrons. The third-order valence-corrected chi connectivity index (χ3v) is 2.99. The predicted molar refractivity (Wildman–Crippen MR) is 69.8 cm³/mol. The minimum Gasteiger partial charge on any atom is -0.469 e. The summed E-state index contributed by atoms with van der Waals surface area (Å²) in [6, 6.07) is 6.71. The van der Waals surface area contributed by atoms with Crippen LogP contribution in [0.25, 0.3) is 10.9 Å². The zero-order valence-electron chi connectivity index (χ0n) is 10.5. The Balaban J connectivity index is 2.19. The van der Waals surface area contributed by atoms with Gasteiger partial charge in [-0.05, 0) is 18.6 Å². The van der Waals surface area contributed by atoms with Gasteiger partial charge in [0.15, 0.2) is 0 Å². The van der Waals surface area contributed by atoms with Crippen molar-refractivity contribution in [1.29, 1.82) is 0 Å². The lowest BCUT2D eigenvalue weighted by atomic mass is 10.2. The summed E-state index contributed by atoms with van der Waals surface area (Å²) in [5.41, 5.74) is 0.906. The van der Waals surface area contributed by atoms with E-state index < -0.39 is 0 Å². The number of carbonyl (C=O) groups is 1. The van der Waals surface area contributed by atoms with Gasteiger partial charge in [-0.25, -0.2) is 0 Å². The maximum absolute atomic E-state index is 11.0. The van der Waals surface area contributed by atoms with Crippen LogP contribution in [0.5, 0.6) is 0 Å². The van der Waals surface area contributed by atoms with Crippen LogP contribution >= 0.6 is 0 Å². The molecular formula is C13H14N2O4. The number of methoxy groups -OCH3 is 1. The molecule has 0 aliphatic rings. The van der Waals surface area contributed by atoms with Gasteiger partial charge >= 0.3 is 5.97 Å². The third-order valence-electron chi connectivity index (χ3n) is 2.99. The van der Waals surface area contributed by atoms with E-state index in [1.54, 1.807) is 18.3 Å². The van der Waals surface area contributed by atoms with Gasteiger partial charge in [0.25, 0.3) is 5.69 Å². The van der Waals surface area contributed by atoms with Crippen LogP contribution in [0, 0.1) is 10.1 Å². The highest BCUT2D eigenvalue weighted by Crippen LogP contribution is 2.26. The number of aromatic nitrogens is 1. The van der Waals surface area contributed by atoms with Crippen molar-refractivity contribution in [3.63, 3.8) is 0 Å². The van der Waals surface area contributed by atoms with Crippen molar-refractivity contribution in [2.45, 2.75) is 19.4 Å². The first kappa shape index (κ1) is 13.1. The Morgan fingerprint density at radius 2 is 2.21 bits per heavy atom. The Morgan fingerprint density at radius 1 is 1.42 bits per heavy atom. The first-order valence-corrected chi connectivity index (χ1v) is 5.92. The van der Waals surface area contributed by atoms with Crippen LogP contribution in [0.4, 0.5) is 5.69 Å². The molecule has 1 aromatic heterocycles. The second kappa shape index (κ2) is 5.51. The Hall–Kier alpha value is -2.37. The maximum atomic E-state index is 11.0. The van der Waals surface area contributed by atoms with Crippen molar-refractivity contribution in [1.82, 2.24) is 4.57 Å². The zero-order valence-corrected chi connectivity index (χ0v) is 10.5. The molecule has 6 nitrogen and oxygen atoms in total. The average Bonchev–Trinajstić information content (AvgIpc) is 2.81.